The predicted molar refractivity (Wildman–Crippen MR) is 173 cm³/mol. The summed E-state index contributed by atoms with van der Waals surface area (Å²) in [5, 5.41) is 13.4. The minimum Gasteiger partial charge on any atom is -0.463 e. The first-order chi connectivity index (χ1) is 21.4. The number of carbonyl (C=O) groups is 4. The van der Waals surface area contributed by atoms with Crippen LogP contribution in [0.3, 0.4) is 0 Å². The molecule has 1 unspecified atom stereocenters. The van der Waals surface area contributed by atoms with E-state index in [0.29, 0.717) is 19.3 Å². The molecule has 4 rings (SSSR count). The molecule has 246 valence electrons. The van der Waals surface area contributed by atoms with E-state index in [2.05, 4.69) is 34.4 Å². The second-order valence-electron chi connectivity index (χ2n) is 13.0. The number of ether oxygens (including phenoxy) is 2. The number of hydrogen-bond donors (Lipinski definition) is 2. The maximum absolute atomic E-state index is 14.5. The zero-order valence-electron chi connectivity index (χ0n) is 26.6. The molecule has 3 saturated heterocycles. The summed E-state index contributed by atoms with van der Waals surface area (Å²) in [5.41, 5.74) is -1.13. The molecule has 2 N–H and O–H groups in total. The van der Waals surface area contributed by atoms with Crippen molar-refractivity contribution in [2.45, 2.75) is 93.6 Å². The van der Waals surface area contributed by atoms with Crippen molar-refractivity contribution < 1.29 is 33.8 Å². The molecule has 1 aromatic carbocycles. The molecule has 3 amide bonds. The van der Waals surface area contributed by atoms with Gasteiger partial charge in [-0.25, -0.2) is 0 Å². The number of amides is 3. The number of rotatable bonds is 14. The van der Waals surface area contributed by atoms with Gasteiger partial charge in [-0.05, 0) is 45.6 Å². The number of aliphatic hydroxyl groups is 1. The molecule has 1 aromatic rings. The van der Waals surface area contributed by atoms with Crippen LogP contribution >= 0.6 is 15.9 Å². The topological polar surface area (TPSA) is 125 Å². The number of carbonyl (C=O) groups excluding carboxylic acids is 4. The molecule has 10 nitrogen and oxygen atoms in total. The molecular weight excluding hydrogens is 642 g/mol. The number of nitrogens with zero attached hydrogens (tertiary/aromatic N) is 2. The predicted octanol–water partition coefficient (Wildman–Crippen LogP) is 3.69. The van der Waals surface area contributed by atoms with Crippen LogP contribution in [0.15, 0.2) is 55.6 Å². The highest BCUT2D eigenvalue weighted by Gasteiger charge is 2.77. The van der Waals surface area contributed by atoms with Crippen molar-refractivity contribution >= 4 is 39.6 Å². The standard InChI is InChI=1S/C34H46BrN3O7/c1-7-10-16-25(40)44-20-24(21-14-12-11-13-15-21)36-30(41)26-27-31(42)38(22(9-3)19-39)29(34(27)18-23(35)28(26)45-34)32(43)37(17-8-2)33(4,5)6/h7-8,11-15,22-24,26-29,39H,1-2,9-10,16-20H2,3-6H3,(H,36,41)/t22-,23?,24+,26-,27+,28-,29-,34+/m0/s1. The highest BCUT2D eigenvalue weighted by molar-refractivity contribution is 9.09. The molecule has 1 spiro atoms. The monoisotopic (exact) mass is 687 g/mol. The van der Waals surface area contributed by atoms with Crippen molar-refractivity contribution in [1.82, 2.24) is 15.1 Å². The number of hydrogen-bond acceptors (Lipinski definition) is 7. The highest BCUT2D eigenvalue weighted by atomic mass is 79.9. The van der Waals surface area contributed by atoms with E-state index in [9.17, 15) is 24.3 Å². The van der Waals surface area contributed by atoms with Gasteiger partial charge in [0.15, 0.2) is 0 Å². The lowest BCUT2D eigenvalue weighted by Gasteiger charge is -2.43. The van der Waals surface area contributed by atoms with Crippen molar-refractivity contribution in [3.05, 3.63) is 61.2 Å². The van der Waals surface area contributed by atoms with Gasteiger partial charge in [-0.3, -0.25) is 19.2 Å². The lowest BCUT2D eigenvalue weighted by atomic mass is 9.70. The van der Waals surface area contributed by atoms with Crippen LogP contribution in [0.4, 0.5) is 0 Å². The van der Waals surface area contributed by atoms with E-state index in [1.165, 1.54) is 4.90 Å². The van der Waals surface area contributed by atoms with Crippen LogP contribution in [-0.2, 0) is 28.7 Å². The van der Waals surface area contributed by atoms with Crippen molar-refractivity contribution in [2.24, 2.45) is 11.8 Å². The zero-order valence-corrected chi connectivity index (χ0v) is 28.2. The number of likely N-dealkylation sites (tertiary alicyclic amines) is 1. The second kappa shape index (κ2) is 14.2. The van der Waals surface area contributed by atoms with Gasteiger partial charge in [-0.1, -0.05) is 65.3 Å². The number of fused-ring (bicyclic) bond motifs is 1. The Balaban J connectivity index is 1.71. The Hall–Kier alpha value is -3.02. The summed E-state index contributed by atoms with van der Waals surface area (Å²) in [5.74, 6) is -3.38. The van der Waals surface area contributed by atoms with Crippen LogP contribution in [0.2, 0.25) is 0 Å². The molecule has 2 bridgehead atoms. The lowest BCUT2D eigenvalue weighted by Crippen LogP contribution is -2.61. The van der Waals surface area contributed by atoms with Crippen LogP contribution < -0.4 is 5.32 Å². The van der Waals surface area contributed by atoms with Gasteiger partial charge in [0.1, 0.15) is 18.2 Å². The van der Waals surface area contributed by atoms with Gasteiger partial charge in [0.2, 0.25) is 17.7 Å². The molecule has 0 saturated carbocycles. The quantitative estimate of drug-likeness (QED) is 0.174. The maximum atomic E-state index is 14.5. The first-order valence-electron chi connectivity index (χ1n) is 15.6. The van der Waals surface area contributed by atoms with E-state index in [-0.39, 0.29) is 42.8 Å². The van der Waals surface area contributed by atoms with Crippen LogP contribution in [0.1, 0.15) is 65.0 Å². The van der Waals surface area contributed by atoms with E-state index < -0.39 is 59.1 Å². The third-order valence-electron chi connectivity index (χ3n) is 9.21. The Kier molecular flexibility index (Phi) is 11.0. The van der Waals surface area contributed by atoms with Crippen molar-refractivity contribution in [2.75, 3.05) is 19.8 Å². The fourth-order valence-corrected chi connectivity index (χ4v) is 8.01. The third kappa shape index (κ3) is 6.62. The summed E-state index contributed by atoms with van der Waals surface area (Å²) in [7, 11) is 0. The molecule has 0 radical (unpaired) electrons. The summed E-state index contributed by atoms with van der Waals surface area (Å²) < 4.78 is 12.2. The van der Waals surface area contributed by atoms with E-state index in [1.54, 1.807) is 17.1 Å². The van der Waals surface area contributed by atoms with Gasteiger partial charge >= 0.3 is 5.97 Å². The first kappa shape index (κ1) is 34.8. The van der Waals surface area contributed by atoms with Crippen LogP contribution in [-0.4, -0.2) is 92.5 Å². The van der Waals surface area contributed by atoms with Crippen LogP contribution in [0.25, 0.3) is 0 Å². The summed E-state index contributed by atoms with van der Waals surface area (Å²) in [4.78, 5) is 58.4. The van der Waals surface area contributed by atoms with Crippen LogP contribution in [0, 0.1) is 11.8 Å². The Labute approximate surface area is 274 Å². The van der Waals surface area contributed by atoms with Gasteiger partial charge in [-0.2, -0.15) is 0 Å². The van der Waals surface area contributed by atoms with Crippen molar-refractivity contribution in [3.63, 3.8) is 0 Å². The molecule has 11 heteroatoms. The molecule has 45 heavy (non-hydrogen) atoms. The summed E-state index contributed by atoms with van der Waals surface area (Å²) in [6.45, 7) is 14.9. The summed E-state index contributed by atoms with van der Waals surface area (Å²) >= 11 is 3.71. The molecule has 3 heterocycles. The molecule has 0 aromatic heterocycles. The van der Waals surface area contributed by atoms with Gasteiger partial charge in [0, 0.05) is 23.3 Å². The van der Waals surface area contributed by atoms with Crippen LogP contribution in [0.5, 0.6) is 0 Å². The van der Waals surface area contributed by atoms with E-state index in [4.69, 9.17) is 9.47 Å². The fourth-order valence-electron chi connectivity index (χ4n) is 7.07. The van der Waals surface area contributed by atoms with Crippen molar-refractivity contribution in [1.29, 1.82) is 0 Å². The number of allylic oxidation sites excluding steroid dienone is 1. The number of benzene rings is 1. The molecule has 3 aliphatic heterocycles. The molecule has 0 aliphatic carbocycles. The second-order valence-corrected chi connectivity index (χ2v) is 14.2. The number of alkyl halides is 1. The van der Waals surface area contributed by atoms with Crippen molar-refractivity contribution in [3.8, 4) is 0 Å². The number of aliphatic hydroxyl groups excluding tert-OH is 1. The third-order valence-corrected chi connectivity index (χ3v) is 10.1. The molecule has 8 atom stereocenters. The normalized spacial score (nSPS) is 28.3. The average Bonchev–Trinajstić information content (AvgIpc) is 3.60. The maximum Gasteiger partial charge on any atom is 0.306 e. The van der Waals surface area contributed by atoms with Gasteiger partial charge < -0.3 is 29.7 Å². The smallest absolute Gasteiger partial charge is 0.306 e. The Morgan fingerprint density at radius 1 is 1.24 bits per heavy atom. The largest absolute Gasteiger partial charge is 0.463 e. The Morgan fingerprint density at radius 3 is 2.51 bits per heavy atom. The number of esters is 1. The molecule has 3 aliphatic rings. The molecule has 3 fully saturated rings. The fraction of sp³-hybridized carbons (Fsp3) is 0.588. The highest BCUT2D eigenvalue weighted by Crippen LogP contribution is 2.60. The Bertz CT molecular complexity index is 1280. The number of nitrogens with one attached hydrogen (secondary N) is 1. The molecular formula is C34H46BrN3O7. The van der Waals surface area contributed by atoms with Gasteiger partial charge in [0.05, 0.1) is 36.6 Å². The lowest BCUT2D eigenvalue weighted by molar-refractivity contribution is -0.154. The van der Waals surface area contributed by atoms with E-state index in [0.717, 1.165) is 5.56 Å². The summed E-state index contributed by atoms with van der Waals surface area (Å²) in [6.07, 6.45) is 4.03. The average molecular weight is 689 g/mol. The minimum absolute atomic E-state index is 0.0940. The number of halogens is 1. The zero-order chi connectivity index (χ0) is 33.1. The van der Waals surface area contributed by atoms with E-state index in [1.807, 2.05) is 58.0 Å². The summed E-state index contributed by atoms with van der Waals surface area (Å²) in [6, 6.07) is 6.83. The van der Waals surface area contributed by atoms with Gasteiger partial charge in [-0.15, -0.1) is 13.2 Å². The van der Waals surface area contributed by atoms with Gasteiger partial charge in [0.25, 0.3) is 0 Å². The Morgan fingerprint density at radius 2 is 1.93 bits per heavy atom. The SMILES string of the molecule is C=CCCC(=O)OC[C@@H](NC(=O)[C@@H]1[C@H]2O[C@@]3(CC2Br)[C@H](C(=O)N(CC=C)C(C)(C)C)N([C@@H](CC)CO)C(=O)[C@@H]13)c1ccccc1. The minimum atomic E-state index is -1.28. The van der Waals surface area contributed by atoms with E-state index >= 15 is 0 Å². The first-order valence-corrected chi connectivity index (χ1v) is 16.6.